The number of hydrogen-bond acceptors (Lipinski definition) is 2. The molecule has 0 amide bonds. The molecule has 1 rings (SSSR count). The smallest absolute Gasteiger partial charge is 0.152 e. The van der Waals surface area contributed by atoms with Gasteiger partial charge in [0.1, 0.15) is 0 Å². The van der Waals surface area contributed by atoms with Gasteiger partial charge in [-0.15, -0.1) is 6.42 Å². The van der Waals surface area contributed by atoms with E-state index in [4.69, 9.17) is 6.42 Å². The number of carbonyl (C=O) groups excluding carboxylic acids is 1. The molecule has 0 unspecified atom stereocenters. The zero-order chi connectivity index (χ0) is 11.1. The molecule has 15 heavy (non-hydrogen) atoms. The van der Waals surface area contributed by atoms with Gasteiger partial charge in [0.15, 0.2) is 6.29 Å². The van der Waals surface area contributed by atoms with E-state index in [-0.39, 0.29) is 0 Å². The van der Waals surface area contributed by atoms with Gasteiger partial charge in [0.25, 0.3) is 0 Å². The Kier molecular flexibility index (Phi) is 4.43. The zero-order valence-electron chi connectivity index (χ0n) is 8.94. The number of carbonyl (C=O) groups is 1. The summed E-state index contributed by atoms with van der Waals surface area (Å²) >= 11 is 0. The van der Waals surface area contributed by atoms with Gasteiger partial charge in [-0.3, -0.25) is 4.79 Å². The Labute approximate surface area is 90.9 Å². The number of nitrogens with zero attached hydrogens (tertiary/aromatic N) is 1. The SMILES string of the molecule is C#CCN(CCC)c1ccccc1C=O. The number of benzene rings is 1. The Balaban J connectivity index is 2.99. The van der Waals surface area contributed by atoms with Gasteiger partial charge < -0.3 is 4.90 Å². The van der Waals surface area contributed by atoms with Crippen molar-refractivity contribution < 1.29 is 4.79 Å². The molecule has 0 atom stereocenters. The summed E-state index contributed by atoms with van der Waals surface area (Å²) in [5, 5.41) is 0. The first kappa shape index (κ1) is 11.3. The number of hydrogen-bond donors (Lipinski definition) is 0. The van der Waals surface area contributed by atoms with Crippen molar-refractivity contribution in [1.82, 2.24) is 0 Å². The highest BCUT2D eigenvalue weighted by Gasteiger charge is 2.07. The van der Waals surface area contributed by atoms with Crippen LogP contribution in [0.2, 0.25) is 0 Å². The largest absolute Gasteiger partial charge is 0.360 e. The molecule has 78 valence electrons. The van der Waals surface area contributed by atoms with Crippen LogP contribution >= 0.6 is 0 Å². The van der Waals surface area contributed by atoms with Crippen molar-refractivity contribution >= 4 is 12.0 Å². The lowest BCUT2D eigenvalue weighted by Gasteiger charge is -2.22. The molecule has 0 aliphatic heterocycles. The molecule has 1 aromatic rings. The van der Waals surface area contributed by atoms with Gasteiger partial charge in [0.2, 0.25) is 0 Å². The van der Waals surface area contributed by atoms with E-state index < -0.39 is 0 Å². The van der Waals surface area contributed by atoms with Gasteiger partial charge in [-0.2, -0.15) is 0 Å². The van der Waals surface area contributed by atoms with Crippen molar-refractivity contribution in [2.75, 3.05) is 18.0 Å². The molecule has 0 aliphatic carbocycles. The van der Waals surface area contributed by atoms with Crippen LogP contribution in [0.4, 0.5) is 5.69 Å². The molecular weight excluding hydrogens is 186 g/mol. The van der Waals surface area contributed by atoms with Crippen molar-refractivity contribution in [3.63, 3.8) is 0 Å². The summed E-state index contributed by atoms with van der Waals surface area (Å²) in [6.45, 7) is 3.50. The van der Waals surface area contributed by atoms with Crippen LogP contribution in [0.3, 0.4) is 0 Å². The molecule has 0 heterocycles. The molecule has 0 saturated carbocycles. The summed E-state index contributed by atoms with van der Waals surface area (Å²) in [5.74, 6) is 2.61. The number of para-hydroxylation sites is 1. The third-order valence-corrected chi connectivity index (χ3v) is 2.18. The van der Waals surface area contributed by atoms with E-state index in [1.807, 2.05) is 29.2 Å². The molecule has 0 radical (unpaired) electrons. The van der Waals surface area contributed by atoms with E-state index >= 15 is 0 Å². The average Bonchev–Trinajstić information content (AvgIpc) is 2.29. The summed E-state index contributed by atoms with van der Waals surface area (Å²) in [5.41, 5.74) is 1.62. The molecule has 0 saturated heterocycles. The second-order valence-electron chi connectivity index (χ2n) is 3.30. The van der Waals surface area contributed by atoms with Gasteiger partial charge in [-0.1, -0.05) is 25.0 Å². The molecule has 0 N–H and O–H groups in total. The lowest BCUT2D eigenvalue weighted by atomic mass is 10.1. The predicted molar refractivity (Wildman–Crippen MR) is 63.2 cm³/mol. The molecule has 0 spiro atoms. The van der Waals surface area contributed by atoms with Crippen LogP contribution in [0.1, 0.15) is 23.7 Å². The molecule has 0 aromatic heterocycles. The minimum Gasteiger partial charge on any atom is -0.360 e. The number of aldehydes is 1. The van der Waals surface area contributed by atoms with E-state index in [0.717, 1.165) is 24.9 Å². The van der Waals surface area contributed by atoms with Crippen LogP contribution in [0.15, 0.2) is 24.3 Å². The summed E-state index contributed by atoms with van der Waals surface area (Å²) in [6, 6.07) is 7.51. The Bertz CT molecular complexity index is 365. The summed E-state index contributed by atoms with van der Waals surface area (Å²) in [4.78, 5) is 12.9. The van der Waals surface area contributed by atoms with E-state index in [0.29, 0.717) is 12.1 Å². The van der Waals surface area contributed by atoms with Crippen LogP contribution in [0, 0.1) is 12.3 Å². The van der Waals surface area contributed by atoms with E-state index in [1.54, 1.807) is 0 Å². The second-order valence-corrected chi connectivity index (χ2v) is 3.30. The quantitative estimate of drug-likeness (QED) is 0.538. The van der Waals surface area contributed by atoms with Crippen molar-refractivity contribution in [3.8, 4) is 12.3 Å². The van der Waals surface area contributed by atoms with Crippen molar-refractivity contribution in [1.29, 1.82) is 0 Å². The number of anilines is 1. The third kappa shape index (κ3) is 2.85. The number of terminal acetylenes is 1. The van der Waals surface area contributed by atoms with Crippen LogP contribution in [0.5, 0.6) is 0 Å². The predicted octanol–water partition coefficient (Wildman–Crippen LogP) is 2.35. The fourth-order valence-corrected chi connectivity index (χ4v) is 1.54. The Morgan fingerprint density at radius 2 is 2.20 bits per heavy atom. The first-order valence-electron chi connectivity index (χ1n) is 5.06. The van der Waals surface area contributed by atoms with Gasteiger partial charge in [-0.05, 0) is 18.6 Å². The summed E-state index contributed by atoms with van der Waals surface area (Å²) in [7, 11) is 0. The molecule has 2 heteroatoms. The summed E-state index contributed by atoms with van der Waals surface area (Å²) in [6.07, 6.45) is 7.19. The van der Waals surface area contributed by atoms with Crippen LogP contribution in [-0.2, 0) is 0 Å². The molecule has 2 nitrogen and oxygen atoms in total. The van der Waals surface area contributed by atoms with Crippen molar-refractivity contribution in [2.24, 2.45) is 0 Å². The average molecular weight is 201 g/mol. The minimum atomic E-state index is 0.540. The highest BCUT2D eigenvalue weighted by molar-refractivity contribution is 5.84. The van der Waals surface area contributed by atoms with Gasteiger partial charge >= 0.3 is 0 Å². The van der Waals surface area contributed by atoms with Gasteiger partial charge in [0.05, 0.1) is 6.54 Å². The van der Waals surface area contributed by atoms with Crippen molar-refractivity contribution in [3.05, 3.63) is 29.8 Å². The van der Waals surface area contributed by atoms with Gasteiger partial charge in [-0.25, -0.2) is 0 Å². The van der Waals surface area contributed by atoms with Crippen LogP contribution in [0.25, 0.3) is 0 Å². The van der Waals surface area contributed by atoms with Crippen LogP contribution < -0.4 is 4.90 Å². The lowest BCUT2D eigenvalue weighted by Crippen LogP contribution is -2.25. The molecule has 1 aromatic carbocycles. The normalized spacial score (nSPS) is 9.33. The fourth-order valence-electron chi connectivity index (χ4n) is 1.54. The first-order chi connectivity index (χ1) is 7.33. The fraction of sp³-hybridized carbons (Fsp3) is 0.308. The van der Waals surface area contributed by atoms with Crippen molar-refractivity contribution in [2.45, 2.75) is 13.3 Å². The van der Waals surface area contributed by atoms with Crippen LogP contribution in [-0.4, -0.2) is 19.4 Å². The zero-order valence-corrected chi connectivity index (χ0v) is 8.94. The minimum absolute atomic E-state index is 0.540. The maximum Gasteiger partial charge on any atom is 0.152 e. The first-order valence-corrected chi connectivity index (χ1v) is 5.06. The molecule has 0 fully saturated rings. The number of rotatable bonds is 5. The second kappa shape index (κ2) is 5.87. The Hall–Kier alpha value is -1.75. The summed E-state index contributed by atoms with van der Waals surface area (Å²) < 4.78 is 0. The maximum absolute atomic E-state index is 10.9. The Morgan fingerprint density at radius 1 is 1.47 bits per heavy atom. The van der Waals surface area contributed by atoms with E-state index in [9.17, 15) is 4.79 Å². The van der Waals surface area contributed by atoms with Gasteiger partial charge in [0, 0.05) is 17.8 Å². The van der Waals surface area contributed by atoms with E-state index in [2.05, 4.69) is 12.8 Å². The lowest BCUT2D eigenvalue weighted by molar-refractivity contribution is 0.112. The highest BCUT2D eigenvalue weighted by atomic mass is 16.1. The third-order valence-electron chi connectivity index (χ3n) is 2.18. The Morgan fingerprint density at radius 3 is 2.80 bits per heavy atom. The molecule has 0 aliphatic rings. The maximum atomic E-state index is 10.9. The standard InChI is InChI=1S/C13H15NO/c1-3-9-14(10-4-2)13-8-6-5-7-12(13)11-15/h1,5-8,11H,4,9-10H2,2H3. The van der Waals surface area contributed by atoms with E-state index in [1.165, 1.54) is 0 Å². The topological polar surface area (TPSA) is 20.3 Å². The monoisotopic (exact) mass is 201 g/mol. The highest BCUT2D eigenvalue weighted by Crippen LogP contribution is 2.18. The molecular formula is C13H15NO. The molecule has 0 bridgehead atoms.